The SMILES string of the molecule is CC(C)c1cnnc(CN)c1. The van der Waals surface area contributed by atoms with Crippen molar-refractivity contribution in [2.24, 2.45) is 5.73 Å². The van der Waals surface area contributed by atoms with Crippen LogP contribution in [0.5, 0.6) is 0 Å². The van der Waals surface area contributed by atoms with E-state index in [2.05, 4.69) is 24.0 Å². The standard InChI is InChI=1S/C8H13N3/c1-6(2)7-3-8(4-9)11-10-5-7/h3,5-6H,4,9H2,1-2H3. The van der Waals surface area contributed by atoms with Crippen molar-refractivity contribution in [1.29, 1.82) is 0 Å². The number of hydrogen-bond acceptors (Lipinski definition) is 3. The monoisotopic (exact) mass is 151 g/mol. The van der Waals surface area contributed by atoms with Gasteiger partial charge in [0.25, 0.3) is 0 Å². The van der Waals surface area contributed by atoms with Crippen LogP contribution in [0.3, 0.4) is 0 Å². The van der Waals surface area contributed by atoms with E-state index in [-0.39, 0.29) is 0 Å². The van der Waals surface area contributed by atoms with Crippen LogP contribution < -0.4 is 5.73 Å². The number of hydrogen-bond donors (Lipinski definition) is 1. The Bertz CT molecular complexity index is 233. The summed E-state index contributed by atoms with van der Waals surface area (Å²) in [5, 5.41) is 7.71. The molecule has 0 aliphatic heterocycles. The fourth-order valence-electron chi connectivity index (χ4n) is 0.844. The van der Waals surface area contributed by atoms with Gasteiger partial charge in [-0.15, -0.1) is 0 Å². The fraction of sp³-hybridized carbons (Fsp3) is 0.500. The Kier molecular flexibility index (Phi) is 2.54. The van der Waals surface area contributed by atoms with Crippen LogP contribution in [0.4, 0.5) is 0 Å². The summed E-state index contributed by atoms with van der Waals surface area (Å²) in [7, 11) is 0. The smallest absolute Gasteiger partial charge is 0.0769 e. The molecule has 0 bridgehead atoms. The Morgan fingerprint density at radius 2 is 2.27 bits per heavy atom. The molecule has 0 saturated heterocycles. The van der Waals surface area contributed by atoms with Crippen molar-refractivity contribution < 1.29 is 0 Å². The molecule has 0 fully saturated rings. The van der Waals surface area contributed by atoms with Crippen LogP contribution in [0, 0.1) is 0 Å². The molecule has 0 amide bonds. The highest BCUT2D eigenvalue weighted by Gasteiger charge is 2.00. The molecule has 2 N–H and O–H groups in total. The Hall–Kier alpha value is -0.960. The Morgan fingerprint density at radius 1 is 1.55 bits per heavy atom. The first-order valence-corrected chi connectivity index (χ1v) is 3.75. The molecule has 11 heavy (non-hydrogen) atoms. The predicted molar refractivity (Wildman–Crippen MR) is 44.0 cm³/mol. The Balaban J connectivity index is 2.91. The zero-order valence-corrected chi connectivity index (χ0v) is 6.91. The van der Waals surface area contributed by atoms with Gasteiger partial charge in [-0.25, -0.2) is 0 Å². The van der Waals surface area contributed by atoms with Crippen LogP contribution in [0.25, 0.3) is 0 Å². The molecule has 0 spiro atoms. The van der Waals surface area contributed by atoms with E-state index in [9.17, 15) is 0 Å². The van der Waals surface area contributed by atoms with Crippen molar-refractivity contribution in [3.63, 3.8) is 0 Å². The summed E-state index contributed by atoms with van der Waals surface area (Å²) in [5.41, 5.74) is 7.47. The summed E-state index contributed by atoms with van der Waals surface area (Å²) < 4.78 is 0. The molecule has 0 aliphatic rings. The van der Waals surface area contributed by atoms with Crippen LogP contribution in [-0.2, 0) is 6.54 Å². The average Bonchev–Trinajstić information content (AvgIpc) is 2.05. The van der Waals surface area contributed by atoms with Crippen LogP contribution in [0.15, 0.2) is 12.3 Å². The summed E-state index contributed by atoms with van der Waals surface area (Å²) in [4.78, 5) is 0. The van der Waals surface area contributed by atoms with Crippen LogP contribution >= 0.6 is 0 Å². The molecular weight excluding hydrogens is 138 g/mol. The van der Waals surface area contributed by atoms with Crippen LogP contribution in [0.2, 0.25) is 0 Å². The molecule has 1 heterocycles. The third kappa shape index (κ3) is 1.98. The minimum Gasteiger partial charge on any atom is -0.325 e. The van der Waals surface area contributed by atoms with Gasteiger partial charge in [-0.2, -0.15) is 10.2 Å². The number of nitrogens with zero attached hydrogens (tertiary/aromatic N) is 2. The number of nitrogens with two attached hydrogens (primary N) is 1. The zero-order valence-electron chi connectivity index (χ0n) is 6.91. The number of aromatic nitrogens is 2. The van der Waals surface area contributed by atoms with E-state index < -0.39 is 0 Å². The van der Waals surface area contributed by atoms with Gasteiger partial charge in [0.05, 0.1) is 11.9 Å². The molecule has 0 aromatic carbocycles. The molecular formula is C8H13N3. The first-order valence-electron chi connectivity index (χ1n) is 3.75. The molecule has 60 valence electrons. The minimum atomic E-state index is 0.466. The van der Waals surface area contributed by atoms with Crippen molar-refractivity contribution in [3.05, 3.63) is 23.5 Å². The Morgan fingerprint density at radius 3 is 2.82 bits per heavy atom. The fourth-order valence-corrected chi connectivity index (χ4v) is 0.844. The summed E-state index contributed by atoms with van der Waals surface area (Å²) in [6.07, 6.45) is 1.78. The minimum absolute atomic E-state index is 0.466. The van der Waals surface area contributed by atoms with Crippen molar-refractivity contribution in [1.82, 2.24) is 10.2 Å². The van der Waals surface area contributed by atoms with Gasteiger partial charge in [0, 0.05) is 6.54 Å². The van der Waals surface area contributed by atoms with Crippen molar-refractivity contribution in [2.75, 3.05) is 0 Å². The van der Waals surface area contributed by atoms with E-state index in [1.807, 2.05) is 6.07 Å². The third-order valence-corrected chi connectivity index (χ3v) is 1.60. The zero-order chi connectivity index (χ0) is 8.27. The maximum Gasteiger partial charge on any atom is 0.0769 e. The van der Waals surface area contributed by atoms with Crippen LogP contribution in [-0.4, -0.2) is 10.2 Å². The molecule has 0 aliphatic carbocycles. The van der Waals surface area contributed by atoms with Gasteiger partial charge < -0.3 is 5.73 Å². The van der Waals surface area contributed by atoms with Crippen molar-refractivity contribution in [3.8, 4) is 0 Å². The largest absolute Gasteiger partial charge is 0.325 e. The quantitative estimate of drug-likeness (QED) is 0.687. The summed E-state index contributed by atoms with van der Waals surface area (Å²) in [6, 6.07) is 2.00. The maximum atomic E-state index is 5.42. The van der Waals surface area contributed by atoms with E-state index in [1.54, 1.807) is 6.20 Å². The van der Waals surface area contributed by atoms with Crippen molar-refractivity contribution in [2.45, 2.75) is 26.3 Å². The summed E-state index contributed by atoms with van der Waals surface area (Å²) in [6.45, 7) is 4.71. The summed E-state index contributed by atoms with van der Waals surface area (Å²) >= 11 is 0. The second-order valence-electron chi connectivity index (χ2n) is 2.84. The highest BCUT2D eigenvalue weighted by atomic mass is 15.1. The Labute approximate surface area is 66.6 Å². The molecule has 3 nitrogen and oxygen atoms in total. The lowest BCUT2D eigenvalue weighted by Gasteiger charge is -2.03. The van der Waals surface area contributed by atoms with Gasteiger partial charge in [-0.05, 0) is 17.5 Å². The molecule has 0 atom stereocenters. The first kappa shape index (κ1) is 8.14. The van der Waals surface area contributed by atoms with Gasteiger partial charge in [0.2, 0.25) is 0 Å². The second kappa shape index (κ2) is 3.44. The summed E-state index contributed by atoms with van der Waals surface area (Å²) in [5.74, 6) is 0.496. The lowest BCUT2D eigenvalue weighted by atomic mass is 10.1. The molecule has 3 heteroatoms. The van der Waals surface area contributed by atoms with Gasteiger partial charge in [-0.1, -0.05) is 13.8 Å². The lowest BCUT2D eigenvalue weighted by molar-refractivity contribution is 0.814. The molecule has 1 aromatic heterocycles. The lowest BCUT2D eigenvalue weighted by Crippen LogP contribution is -2.02. The van der Waals surface area contributed by atoms with Crippen molar-refractivity contribution >= 4 is 0 Å². The highest BCUT2D eigenvalue weighted by Crippen LogP contribution is 2.12. The molecule has 0 radical (unpaired) electrons. The van der Waals surface area contributed by atoms with Gasteiger partial charge in [0.15, 0.2) is 0 Å². The van der Waals surface area contributed by atoms with Crippen LogP contribution in [0.1, 0.15) is 31.0 Å². The predicted octanol–water partition coefficient (Wildman–Crippen LogP) is 1.06. The third-order valence-electron chi connectivity index (χ3n) is 1.60. The molecule has 1 rings (SSSR count). The van der Waals surface area contributed by atoms with Gasteiger partial charge in [0.1, 0.15) is 0 Å². The first-order chi connectivity index (χ1) is 5.24. The number of rotatable bonds is 2. The highest BCUT2D eigenvalue weighted by molar-refractivity contribution is 5.15. The molecule has 0 unspecified atom stereocenters. The van der Waals surface area contributed by atoms with Gasteiger partial charge in [-0.3, -0.25) is 0 Å². The second-order valence-corrected chi connectivity index (χ2v) is 2.84. The van der Waals surface area contributed by atoms with Gasteiger partial charge >= 0.3 is 0 Å². The van der Waals surface area contributed by atoms with E-state index in [0.29, 0.717) is 12.5 Å². The average molecular weight is 151 g/mol. The van der Waals surface area contributed by atoms with E-state index in [1.165, 1.54) is 5.56 Å². The maximum absolute atomic E-state index is 5.42. The van der Waals surface area contributed by atoms with E-state index in [0.717, 1.165) is 5.69 Å². The topological polar surface area (TPSA) is 51.8 Å². The van der Waals surface area contributed by atoms with E-state index >= 15 is 0 Å². The normalized spacial score (nSPS) is 10.5. The molecule has 0 saturated carbocycles. The molecule has 1 aromatic rings. The van der Waals surface area contributed by atoms with E-state index in [4.69, 9.17) is 5.73 Å².